The normalized spacial score (nSPS) is 18.6. The minimum absolute atomic E-state index is 0.0281. The summed E-state index contributed by atoms with van der Waals surface area (Å²) in [4.78, 5) is 17.6. The van der Waals surface area contributed by atoms with Gasteiger partial charge in [-0.15, -0.1) is 11.3 Å². The van der Waals surface area contributed by atoms with Gasteiger partial charge in [0.05, 0.1) is 0 Å². The fraction of sp³-hybridized carbons (Fsp3) is 0.636. The molecule has 1 aliphatic rings. The Morgan fingerprint density at radius 1 is 1.39 bits per heavy atom. The average molecular weight is 288 g/mol. The average Bonchev–Trinajstić information content (AvgIpc) is 2.92. The number of amides is 1. The predicted molar refractivity (Wildman–Crippen MR) is 69.2 cm³/mol. The Morgan fingerprint density at radius 2 is 2.06 bits per heavy atom. The maximum absolute atomic E-state index is 12.2. The summed E-state index contributed by atoms with van der Waals surface area (Å²) in [6.45, 7) is 2.78. The van der Waals surface area contributed by atoms with Crippen molar-refractivity contribution >= 4 is 27.1 Å². The zero-order chi connectivity index (χ0) is 13.2. The van der Waals surface area contributed by atoms with E-state index in [4.69, 9.17) is 0 Å². The van der Waals surface area contributed by atoms with Gasteiger partial charge in [0.2, 0.25) is 20.1 Å². The molecule has 7 heteroatoms. The summed E-state index contributed by atoms with van der Waals surface area (Å²) in [6.07, 6.45) is 4.46. The topological polar surface area (TPSA) is 67.3 Å². The van der Waals surface area contributed by atoms with Gasteiger partial charge in [-0.2, -0.15) is 0 Å². The molecule has 1 atom stereocenters. The molecule has 5 nitrogen and oxygen atoms in total. The van der Waals surface area contributed by atoms with Crippen molar-refractivity contribution in [2.75, 3.05) is 13.1 Å². The molecule has 0 spiro atoms. The number of likely N-dealkylation sites (tertiary alicyclic amines) is 1. The molecule has 0 saturated carbocycles. The highest BCUT2D eigenvalue weighted by atomic mass is 32.2. The molecular formula is C11H16N2O3S2. The van der Waals surface area contributed by atoms with Crippen LogP contribution in [0.5, 0.6) is 0 Å². The van der Waals surface area contributed by atoms with E-state index in [1.165, 1.54) is 13.1 Å². The van der Waals surface area contributed by atoms with E-state index in [0.29, 0.717) is 13.1 Å². The highest BCUT2D eigenvalue weighted by Gasteiger charge is 2.34. The van der Waals surface area contributed by atoms with Crippen molar-refractivity contribution in [2.45, 2.75) is 35.8 Å². The molecule has 0 aliphatic carbocycles. The van der Waals surface area contributed by atoms with Crippen LogP contribution in [0.2, 0.25) is 0 Å². The number of hydrogen-bond acceptors (Lipinski definition) is 5. The van der Waals surface area contributed by atoms with Crippen LogP contribution < -0.4 is 0 Å². The van der Waals surface area contributed by atoms with Crippen LogP contribution in [0.4, 0.5) is 0 Å². The molecule has 0 bridgehead atoms. The van der Waals surface area contributed by atoms with Gasteiger partial charge < -0.3 is 4.90 Å². The molecule has 0 N–H and O–H groups in total. The molecule has 1 aromatic rings. The smallest absolute Gasteiger partial charge is 0.241 e. The Bertz CT molecular complexity index is 504. The van der Waals surface area contributed by atoms with Crippen molar-refractivity contribution in [3.8, 4) is 0 Å². The lowest BCUT2D eigenvalue weighted by atomic mass is 10.1. The van der Waals surface area contributed by atoms with E-state index in [9.17, 15) is 13.2 Å². The molecule has 1 saturated heterocycles. The number of nitrogens with zero attached hydrogens (tertiary/aromatic N) is 2. The second-order valence-electron chi connectivity index (χ2n) is 4.37. The highest BCUT2D eigenvalue weighted by molar-refractivity contribution is 7.94. The molecule has 0 aromatic carbocycles. The fourth-order valence-corrected chi connectivity index (χ4v) is 4.43. The number of piperidine rings is 1. The Kier molecular flexibility index (Phi) is 4.01. The largest absolute Gasteiger partial charge is 0.342 e. The second-order valence-corrected chi connectivity index (χ2v) is 7.71. The van der Waals surface area contributed by atoms with Gasteiger partial charge >= 0.3 is 0 Å². The molecule has 2 rings (SSSR count). The first-order chi connectivity index (χ1) is 8.53. The molecule has 1 fully saturated rings. The Hall–Kier alpha value is -0.950. The van der Waals surface area contributed by atoms with Gasteiger partial charge in [-0.25, -0.2) is 13.4 Å². The van der Waals surface area contributed by atoms with Crippen LogP contribution in [0.1, 0.15) is 26.2 Å². The number of hydrogen-bond donors (Lipinski definition) is 0. The zero-order valence-electron chi connectivity index (χ0n) is 10.2. The second kappa shape index (κ2) is 5.36. The third kappa shape index (κ3) is 2.56. The lowest BCUT2D eigenvalue weighted by molar-refractivity contribution is -0.131. The van der Waals surface area contributed by atoms with E-state index >= 15 is 0 Å². The predicted octanol–water partition coefficient (Wildman–Crippen LogP) is 1.32. The van der Waals surface area contributed by atoms with Crippen molar-refractivity contribution in [3.63, 3.8) is 0 Å². The van der Waals surface area contributed by atoms with Crippen LogP contribution in [0, 0.1) is 0 Å². The van der Waals surface area contributed by atoms with Crippen LogP contribution in [-0.2, 0) is 14.6 Å². The molecule has 1 aromatic heterocycles. The van der Waals surface area contributed by atoms with Crippen LogP contribution in [0.3, 0.4) is 0 Å². The summed E-state index contributed by atoms with van der Waals surface area (Å²) in [5, 5.41) is 0.562. The molecule has 100 valence electrons. The molecular weight excluding hydrogens is 272 g/mol. The molecule has 0 radical (unpaired) electrons. The number of thiazole rings is 1. The quantitative estimate of drug-likeness (QED) is 0.841. The summed E-state index contributed by atoms with van der Waals surface area (Å²) in [6, 6.07) is 0. The van der Waals surface area contributed by atoms with Crippen LogP contribution in [0.15, 0.2) is 15.9 Å². The first-order valence-corrected chi connectivity index (χ1v) is 8.38. The number of rotatable bonds is 3. The maximum atomic E-state index is 12.2. The lowest BCUT2D eigenvalue weighted by Gasteiger charge is -2.28. The zero-order valence-corrected chi connectivity index (χ0v) is 11.8. The van der Waals surface area contributed by atoms with E-state index in [2.05, 4.69) is 4.98 Å². The summed E-state index contributed by atoms with van der Waals surface area (Å²) < 4.78 is 24.4. The van der Waals surface area contributed by atoms with Crippen molar-refractivity contribution in [1.29, 1.82) is 0 Å². The van der Waals surface area contributed by atoms with E-state index in [1.54, 1.807) is 10.3 Å². The van der Waals surface area contributed by atoms with Gasteiger partial charge in [0.15, 0.2) is 0 Å². The SMILES string of the molecule is CC(C(=O)N1CCCCC1)S(=O)(=O)c1nccs1. The van der Waals surface area contributed by atoms with Gasteiger partial charge in [0.1, 0.15) is 5.25 Å². The minimum atomic E-state index is -3.63. The van der Waals surface area contributed by atoms with Crippen LogP contribution >= 0.6 is 11.3 Å². The number of carbonyl (C=O) groups is 1. The van der Waals surface area contributed by atoms with E-state index in [1.807, 2.05) is 0 Å². The Morgan fingerprint density at radius 3 is 2.61 bits per heavy atom. The lowest BCUT2D eigenvalue weighted by Crippen LogP contribution is -2.44. The van der Waals surface area contributed by atoms with Crippen molar-refractivity contribution in [2.24, 2.45) is 0 Å². The van der Waals surface area contributed by atoms with Crippen molar-refractivity contribution in [3.05, 3.63) is 11.6 Å². The van der Waals surface area contributed by atoms with Gasteiger partial charge in [-0.05, 0) is 26.2 Å². The highest BCUT2D eigenvalue weighted by Crippen LogP contribution is 2.21. The third-order valence-corrected chi connectivity index (χ3v) is 6.41. The molecule has 1 aliphatic heterocycles. The summed E-state index contributed by atoms with van der Waals surface area (Å²) in [7, 11) is -3.63. The van der Waals surface area contributed by atoms with Gasteiger partial charge in [0.25, 0.3) is 0 Å². The van der Waals surface area contributed by atoms with Crippen LogP contribution in [0.25, 0.3) is 0 Å². The third-order valence-electron chi connectivity index (χ3n) is 3.13. The first-order valence-electron chi connectivity index (χ1n) is 5.95. The Balaban J connectivity index is 2.15. The summed E-state index contributed by atoms with van der Waals surface area (Å²) >= 11 is 1.05. The maximum Gasteiger partial charge on any atom is 0.241 e. The van der Waals surface area contributed by atoms with E-state index in [0.717, 1.165) is 30.6 Å². The molecule has 2 heterocycles. The van der Waals surface area contributed by atoms with Gasteiger partial charge in [-0.3, -0.25) is 4.79 Å². The fourth-order valence-electron chi connectivity index (χ4n) is 2.01. The number of aromatic nitrogens is 1. The summed E-state index contributed by atoms with van der Waals surface area (Å²) in [5.74, 6) is -0.301. The monoisotopic (exact) mass is 288 g/mol. The molecule has 1 unspecified atom stereocenters. The minimum Gasteiger partial charge on any atom is -0.342 e. The molecule has 1 amide bonds. The summed E-state index contributed by atoms with van der Waals surface area (Å²) in [5.41, 5.74) is 0. The standard InChI is InChI=1S/C11H16N2O3S2/c1-9(10(14)13-6-3-2-4-7-13)18(15,16)11-12-5-8-17-11/h5,8-9H,2-4,6-7H2,1H3. The van der Waals surface area contributed by atoms with Gasteiger partial charge in [-0.1, -0.05) is 0 Å². The first kappa shape index (κ1) is 13.5. The van der Waals surface area contributed by atoms with Crippen molar-refractivity contribution < 1.29 is 13.2 Å². The number of sulfone groups is 1. The van der Waals surface area contributed by atoms with Gasteiger partial charge in [0, 0.05) is 24.7 Å². The van der Waals surface area contributed by atoms with E-state index in [-0.39, 0.29) is 10.2 Å². The van der Waals surface area contributed by atoms with Crippen LogP contribution in [-0.4, -0.2) is 42.5 Å². The van der Waals surface area contributed by atoms with E-state index < -0.39 is 15.1 Å². The number of carbonyl (C=O) groups excluding carboxylic acids is 1. The van der Waals surface area contributed by atoms with Crippen molar-refractivity contribution in [1.82, 2.24) is 9.88 Å². The Labute approximate surface area is 111 Å². The molecule has 18 heavy (non-hydrogen) atoms.